The van der Waals surface area contributed by atoms with Gasteiger partial charge in [0.15, 0.2) is 5.83 Å². The minimum absolute atomic E-state index is 0. The number of anilines is 1. The topological polar surface area (TPSA) is 85.6 Å². The van der Waals surface area contributed by atoms with Crippen LogP contribution in [0.3, 0.4) is 0 Å². The number of carbonyl (C=O) groups excluding carboxylic acids is 1. The Morgan fingerprint density at radius 1 is 1.22 bits per heavy atom. The van der Waals surface area contributed by atoms with Crippen molar-refractivity contribution in [3.63, 3.8) is 0 Å². The number of nitrogens with zero attached hydrogens (tertiary/aromatic N) is 6. The second-order valence-corrected chi connectivity index (χ2v) is 12.0. The monoisotopic (exact) mass is 860 g/mol. The quantitative estimate of drug-likeness (QED) is 0.172. The molecule has 3 heterocycles. The van der Waals surface area contributed by atoms with Crippen molar-refractivity contribution in [2.24, 2.45) is 0 Å². The van der Waals surface area contributed by atoms with E-state index in [2.05, 4.69) is 43.2 Å². The molecular weight excluding hydrogens is 817 g/mol. The van der Waals surface area contributed by atoms with E-state index in [1.165, 1.54) is 4.90 Å². The smallest absolute Gasteiger partial charge is 0.462 e. The Morgan fingerprint density at radius 3 is 2.69 bits per heavy atom. The predicted octanol–water partition coefficient (Wildman–Crippen LogP) is 5.94. The van der Waals surface area contributed by atoms with E-state index in [4.69, 9.17) is 26.3 Å². The first-order chi connectivity index (χ1) is 21.3. The van der Waals surface area contributed by atoms with Crippen LogP contribution in [0.2, 0.25) is 5.02 Å². The Balaban J connectivity index is 0.00000552. The summed E-state index contributed by atoms with van der Waals surface area (Å²) in [5.74, 6) is -1.02. The van der Waals surface area contributed by atoms with Crippen LogP contribution in [-0.2, 0) is 24.1 Å². The van der Waals surface area contributed by atoms with Crippen LogP contribution in [0, 0.1) is 56.3 Å². The molecule has 2 aliphatic rings. The van der Waals surface area contributed by atoms with E-state index >= 15 is 0 Å². The van der Waals surface area contributed by atoms with E-state index in [1.54, 1.807) is 0 Å². The van der Waals surface area contributed by atoms with Crippen LogP contribution in [0.1, 0.15) is 62.3 Å². The van der Waals surface area contributed by atoms with E-state index in [0.29, 0.717) is 32.1 Å². The van der Waals surface area contributed by atoms with Crippen LogP contribution in [-0.4, -0.2) is 76.6 Å². The first-order valence-electron chi connectivity index (χ1n) is 15.7. The largest absolute Gasteiger partial charge is 2.00 e. The third-order valence-corrected chi connectivity index (χ3v) is 8.97. The fraction of sp³-hybridized carbons (Fsp3) is 0.529. The number of halogens is 2. The molecule has 3 unspecified atom stereocenters. The van der Waals surface area contributed by atoms with Gasteiger partial charge in [0.25, 0.3) is 5.91 Å². The van der Waals surface area contributed by atoms with Crippen molar-refractivity contribution >= 4 is 23.3 Å². The Labute approximate surface area is 296 Å². The number of benzene rings is 1. The Bertz CT molecular complexity index is 1340. The van der Waals surface area contributed by atoms with Crippen LogP contribution in [0.5, 0.6) is 6.01 Å². The third-order valence-electron chi connectivity index (χ3n) is 8.60. The maximum atomic E-state index is 13.8. The van der Waals surface area contributed by atoms with Crippen LogP contribution in [0.4, 0.5) is 10.2 Å². The number of rotatable bonds is 14. The number of ether oxygens (including phenoxy) is 1. The zero-order chi connectivity index (χ0) is 31.6. The van der Waals surface area contributed by atoms with Gasteiger partial charge in [0.1, 0.15) is 12.4 Å². The van der Waals surface area contributed by atoms with Crippen molar-refractivity contribution in [1.29, 1.82) is 5.26 Å². The minimum atomic E-state index is -1.02. The maximum absolute atomic E-state index is 13.8. The van der Waals surface area contributed by atoms with Crippen molar-refractivity contribution in [3.8, 4) is 12.1 Å². The van der Waals surface area contributed by atoms with Gasteiger partial charge in [-0.3, -0.25) is 4.79 Å². The molecule has 2 fully saturated rings. The molecular formula is C34H44ClFN6O2U. The van der Waals surface area contributed by atoms with Crippen molar-refractivity contribution in [1.82, 2.24) is 19.8 Å². The average molecular weight is 861 g/mol. The second kappa shape index (κ2) is 18.2. The van der Waals surface area contributed by atoms with Gasteiger partial charge in [0.05, 0.1) is 24.2 Å². The predicted molar refractivity (Wildman–Crippen MR) is 172 cm³/mol. The normalized spacial score (nSPS) is 19.1. The van der Waals surface area contributed by atoms with Crippen LogP contribution < -0.4 is 9.64 Å². The first-order valence-corrected chi connectivity index (χ1v) is 16.1. The summed E-state index contributed by atoms with van der Waals surface area (Å²) >= 11 is 6.44. The molecule has 0 radical (unpaired) electrons. The molecule has 45 heavy (non-hydrogen) atoms. The zero-order valence-corrected chi connectivity index (χ0v) is 31.2. The molecule has 0 spiro atoms. The number of amides is 1. The number of likely N-dealkylation sites (tertiary alicyclic amines) is 1. The molecule has 8 nitrogen and oxygen atoms in total. The standard InChI is InChI=1S/C34H44ClFN6O2.U/c1-5-11-29-31(16-9-13-26-12-7-8-15-30(26)35)38-34(44-23-28-14-10-19-41(28)24(3)6-2)39-32(29)40-20-21-42(33(43)25(4)36)27(22-40)17-18-37;/h7-8,12,15,24,27-28H,2-6,9-11,13-14,16-17,19-23H2,1H3;/q-2;+2. The third kappa shape index (κ3) is 9.67. The number of piperazine rings is 1. The fourth-order valence-electron chi connectivity index (χ4n) is 6.29. The molecule has 4 rings (SSSR count). The van der Waals surface area contributed by atoms with Gasteiger partial charge in [-0.2, -0.15) is 21.7 Å². The van der Waals surface area contributed by atoms with Crippen LogP contribution >= 0.6 is 11.6 Å². The van der Waals surface area contributed by atoms with Gasteiger partial charge in [-0.15, -0.1) is 6.04 Å². The molecule has 2 aromatic rings. The molecule has 0 bridgehead atoms. The summed E-state index contributed by atoms with van der Waals surface area (Å²) in [5, 5.41) is 10.3. The molecule has 2 aliphatic heterocycles. The molecule has 3 atom stereocenters. The number of aromatic nitrogens is 2. The second-order valence-electron chi connectivity index (χ2n) is 11.6. The fourth-order valence-corrected chi connectivity index (χ4v) is 6.52. The summed E-state index contributed by atoms with van der Waals surface area (Å²) in [4.78, 5) is 28.3. The van der Waals surface area contributed by atoms with Gasteiger partial charge in [0, 0.05) is 36.3 Å². The van der Waals surface area contributed by atoms with E-state index in [0.717, 1.165) is 79.2 Å². The average Bonchev–Trinajstić information content (AvgIpc) is 3.50. The van der Waals surface area contributed by atoms with E-state index < -0.39 is 17.8 Å². The van der Waals surface area contributed by atoms with E-state index in [1.807, 2.05) is 24.3 Å². The van der Waals surface area contributed by atoms with Crippen LogP contribution in [0.15, 0.2) is 36.7 Å². The molecule has 1 amide bonds. The summed E-state index contributed by atoms with van der Waals surface area (Å²) in [7, 11) is 0. The molecule has 2 saturated heterocycles. The number of aryl methyl sites for hydroxylation is 2. The van der Waals surface area contributed by atoms with Gasteiger partial charge < -0.3 is 33.3 Å². The van der Waals surface area contributed by atoms with E-state index in [9.17, 15) is 14.4 Å². The van der Waals surface area contributed by atoms with Gasteiger partial charge >= 0.3 is 37.1 Å². The number of nitriles is 1. The molecule has 11 heteroatoms. The SMILES string of the molecule is C=C(F)C(=O)N1CCN(c2nc(OCC3CCCN3C([CH2-])C[CH2-])nc(CCCc3ccccc3Cl)c2CCC)CC1CC#N.[U+2]. The van der Waals surface area contributed by atoms with Gasteiger partial charge in [0.2, 0.25) is 0 Å². The number of hydrogen-bond acceptors (Lipinski definition) is 7. The van der Waals surface area contributed by atoms with Gasteiger partial charge in [-0.1, -0.05) is 49.7 Å². The number of carbonyl (C=O) groups is 1. The number of hydrogen-bond donors (Lipinski definition) is 0. The van der Waals surface area contributed by atoms with Crippen molar-refractivity contribution in [2.45, 2.75) is 82.8 Å². The minimum Gasteiger partial charge on any atom is -0.462 e. The van der Waals surface area contributed by atoms with Crippen molar-refractivity contribution in [2.75, 3.05) is 37.7 Å². The first kappa shape index (κ1) is 37.3. The summed E-state index contributed by atoms with van der Waals surface area (Å²) in [6.07, 6.45) is 6.94. The van der Waals surface area contributed by atoms with Gasteiger partial charge in [-0.05, 0) is 56.7 Å². The summed E-state index contributed by atoms with van der Waals surface area (Å²) in [6.45, 7) is 16.1. The Morgan fingerprint density at radius 2 is 2.00 bits per heavy atom. The van der Waals surface area contributed by atoms with Crippen LogP contribution in [0.25, 0.3) is 0 Å². The molecule has 0 N–H and O–H groups in total. The van der Waals surface area contributed by atoms with Gasteiger partial charge in [-0.25, -0.2) is 4.39 Å². The van der Waals surface area contributed by atoms with Crippen molar-refractivity contribution < 1.29 is 45.0 Å². The Hall–Kier alpha value is -2.17. The molecule has 1 aromatic carbocycles. The van der Waals surface area contributed by atoms with E-state index in [-0.39, 0.29) is 56.2 Å². The molecule has 1 aromatic heterocycles. The summed E-state index contributed by atoms with van der Waals surface area (Å²) < 4.78 is 20.2. The van der Waals surface area contributed by atoms with Crippen molar-refractivity contribution in [3.05, 3.63) is 72.4 Å². The maximum Gasteiger partial charge on any atom is 2.00 e. The Kier molecular flexibility index (Phi) is 15.1. The molecule has 0 saturated carbocycles. The molecule has 240 valence electrons. The summed E-state index contributed by atoms with van der Waals surface area (Å²) in [5.41, 5.74) is 3.07. The molecule has 0 aliphatic carbocycles. The zero-order valence-electron chi connectivity index (χ0n) is 26.3. The summed E-state index contributed by atoms with van der Waals surface area (Å²) in [6, 6.07) is 10.2.